The smallest absolute Gasteiger partial charge is 0.169 e. The number of benzene rings is 1. The van der Waals surface area contributed by atoms with Crippen LogP contribution in [0.25, 0.3) is 0 Å². The molecule has 0 bridgehead atoms. The summed E-state index contributed by atoms with van der Waals surface area (Å²) in [4.78, 5) is 0. The highest BCUT2D eigenvalue weighted by molar-refractivity contribution is 6.00. The molecule has 0 atom stereocenters. The summed E-state index contributed by atoms with van der Waals surface area (Å²) in [6.45, 7) is 0. The molecule has 0 radical (unpaired) electrons. The molecule has 6 N–H and O–H groups in total. The van der Waals surface area contributed by atoms with Crippen LogP contribution < -0.4 is 17.4 Å². The lowest BCUT2D eigenvalue weighted by molar-refractivity contribution is 0.537. The molecule has 0 aromatic heterocycles. The lowest BCUT2D eigenvalue weighted by atomic mass is 10.0. The summed E-state index contributed by atoms with van der Waals surface area (Å²) in [5.74, 6) is 12.2. The van der Waals surface area contributed by atoms with E-state index in [9.17, 15) is 0 Å². The first-order valence-corrected chi connectivity index (χ1v) is 5.29. The van der Waals surface area contributed by atoms with Crippen LogP contribution in [0.3, 0.4) is 0 Å². The minimum absolute atomic E-state index is 0.564. The van der Waals surface area contributed by atoms with E-state index in [1.54, 1.807) is 7.05 Å². The normalized spacial score (nSPS) is 16.2. The molecule has 5 heteroatoms. The molecule has 0 spiro atoms. The Balaban J connectivity index is 2.48. The number of anilines is 1. The fourth-order valence-corrected chi connectivity index (χ4v) is 1.87. The zero-order valence-corrected chi connectivity index (χ0v) is 9.35. The van der Waals surface area contributed by atoms with E-state index < -0.39 is 0 Å². The van der Waals surface area contributed by atoms with Crippen molar-refractivity contribution in [2.45, 2.75) is 18.8 Å². The number of rotatable bonds is 2. The predicted octanol–water partition coefficient (Wildman–Crippen LogP) is 0.572. The average molecular weight is 219 g/mol. The van der Waals surface area contributed by atoms with Crippen molar-refractivity contribution in [2.24, 2.45) is 16.8 Å². The largest absolute Gasteiger partial charge is 0.399 e. The second-order valence-electron chi connectivity index (χ2n) is 4.18. The number of nitrogens with zero attached hydrogens (tertiary/aromatic N) is 2. The third-order valence-corrected chi connectivity index (χ3v) is 2.79. The minimum Gasteiger partial charge on any atom is -0.399 e. The summed E-state index contributed by atoms with van der Waals surface area (Å²) in [7, 11) is 1.71. The van der Waals surface area contributed by atoms with E-state index >= 15 is 0 Å². The van der Waals surface area contributed by atoms with Gasteiger partial charge in [0.25, 0.3) is 0 Å². The Morgan fingerprint density at radius 2 is 2.12 bits per heavy atom. The number of hydrogen-bond acceptors (Lipinski definition) is 4. The van der Waals surface area contributed by atoms with Gasteiger partial charge in [-0.2, -0.15) is 5.10 Å². The summed E-state index contributed by atoms with van der Waals surface area (Å²) in [6, 6.07) is 5.82. The highest BCUT2D eigenvalue weighted by atomic mass is 15.4. The zero-order valence-electron chi connectivity index (χ0n) is 9.35. The molecule has 16 heavy (non-hydrogen) atoms. The van der Waals surface area contributed by atoms with Crippen molar-refractivity contribution in [2.75, 3.05) is 12.8 Å². The molecule has 0 aliphatic heterocycles. The van der Waals surface area contributed by atoms with Crippen LogP contribution in [0.4, 0.5) is 5.69 Å². The summed E-state index contributed by atoms with van der Waals surface area (Å²) in [5, 5.41) is 5.15. The molecule has 1 fully saturated rings. The Morgan fingerprint density at radius 3 is 2.62 bits per heavy atom. The molecule has 0 heterocycles. The summed E-state index contributed by atoms with van der Waals surface area (Å²) in [6.07, 6.45) is 2.42. The number of hydrazone groups is 1. The number of hydrazine groups is 1. The van der Waals surface area contributed by atoms with Crippen molar-refractivity contribution in [3.05, 3.63) is 29.3 Å². The standard InChI is InChI=1S/C11H17N5/c1-16(14)11(15-13)10-6-8(12)4-5-9(10)7-2-3-7/h4-7H,2-3,12-14H2,1H3/b15-11-. The molecule has 2 rings (SSSR count). The van der Waals surface area contributed by atoms with Gasteiger partial charge >= 0.3 is 0 Å². The van der Waals surface area contributed by atoms with E-state index in [0.717, 1.165) is 5.56 Å². The fourth-order valence-electron chi connectivity index (χ4n) is 1.87. The highest BCUT2D eigenvalue weighted by Crippen LogP contribution is 2.42. The molecule has 86 valence electrons. The molecule has 5 nitrogen and oxygen atoms in total. The second-order valence-corrected chi connectivity index (χ2v) is 4.18. The van der Waals surface area contributed by atoms with Crippen LogP contribution >= 0.6 is 0 Å². The minimum atomic E-state index is 0.564. The number of hydrogen-bond donors (Lipinski definition) is 3. The van der Waals surface area contributed by atoms with Gasteiger partial charge in [0.1, 0.15) is 0 Å². The predicted molar refractivity (Wildman–Crippen MR) is 65.5 cm³/mol. The Labute approximate surface area is 94.9 Å². The van der Waals surface area contributed by atoms with Crippen molar-refractivity contribution in [1.29, 1.82) is 0 Å². The molecule has 1 aliphatic carbocycles. The molecule has 0 unspecified atom stereocenters. The Hall–Kier alpha value is -1.75. The van der Waals surface area contributed by atoms with E-state index in [1.807, 2.05) is 18.2 Å². The van der Waals surface area contributed by atoms with Gasteiger partial charge in [-0.3, -0.25) is 5.01 Å². The average Bonchev–Trinajstić information content (AvgIpc) is 3.02. The van der Waals surface area contributed by atoms with E-state index in [2.05, 4.69) is 5.10 Å². The van der Waals surface area contributed by atoms with Gasteiger partial charge in [-0.1, -0.05) is 6.07 Å². The lowest BCUT2D eigenvalue weighted by Crippen LogP contribution is -2.35. The molecule has 0 amide bonds. The van der Waals surface area contributed by atoms with Gasteiger partial charge in [-0.15, -0.1) is 0 Å². The van der Waals surface area contributed by atoms with Crippen LogP contribution in [-0.2, 0) is 0 Å². The molecule has 1 aromatic rings. The number of nitrogen functional groups attached to an aromatic ring is 1. The first-order chi connectivity index (χ1) is 7.63. The summed E-state index contributed by atoms with van der Waals surface area (Å²) < 4.78 is 0. The molecule has 0 saturated heterocycles. The first kappa shape index (κ1) is 10.8. The van der Waals surface area contributed by atoms with E-state index in [0.29, 0.717) is 17.4 Å². The van der Waals surface area contributed by atoms with Crippen molar-refractivity contribution >= 4 is 11.5 Å². The molecular weight excluding hydrogens is 202 g/mol. The summed E-state index contributed by atoms with van der Waals surface area (Å²) in [5.41, 5.74) is 8.65. The van der Waals surface area contributed by atoms with Crippen LogP contribution in [0.15, 0.2) is 23.3 Å². The van der Waals surface area contributed by atoms with Crippen LogP contribution in [0.2, 0.25) is 0 Å². The van der Waals surface area contributed by atoms with Crippen LogP contribution in [0.1, 0.15) is 29.9 Å². The van der Waals surface area contributed by atoms with Gasteiger partial charge in [-0.05, 0) is 36.5 Å². The van der Waals surface area contributed by atoms with E-state index in [-0.39, 0.29) is 0 Å². The third kappa shape index (κ3) is 1.94. The highest BCUT2D eigenvalue weighted by Gasteiger charge is 2.27. The Kier molecular flexibility index (Phi) is 2.70. The SMILES string of the molecule is CN(N)/C(=N\N)c1cc(N)ccc1C1CC1. The van der Waals surface area contributed by atoms with Crippen LogP contribution in [0.5, 0.6) is 0 Å². The Bertz CT molecular complexity index is 420. The molecule has 1 aromatic carbocycles. The monoisotopic (exact) mass is 219 g/mol. The van der Waals surface area contributed by atoms with Crippen molar-refractivity contribution < 1.29 is 0 Å². The topological polar surface area (TPSA) is 93.7 Å². The maximum atomic E-state index is 5.79. The van der Waals surface area contributed by atoms with Gasteiger partial charge in [0.2, 0.25) is 0 Å². The fraction of sp³-hybridized carbons (Fsp3) is 0.364. The van der Waals surface area contributed by atoms with Crippen molar-refractivity contribution in [1.82, 2.24) is 5.01 Å². The molecule has 1 saturated carbocycles. The molecular formula is C11H17N5. The maximum absolute atomic E-state index is 5.79. The lowest BCUT2D eigenvalue weighted by Gasteiger charge is -2.17. The van der Waals surface area contributed by atoms with Gasteiger partial charge in [0, 0.05) is 18.3 Å². The van der Waals surface area contributed by atoms with Gasteiger partial charge in [-0.25, -0.2) is 5.84 Å². The van der Waals surface area contributed by atoms with E-state index in [4.69, 9.17) is 17.4 Å². The van der Waals surface area contributed by atoms with Crippen LogP contribution in [-0.4, -0.2) is 17.9 Å². The number of nitrogens with two attached hydrogens (primary N) is 3. The van der Waals surface area contributed by atoms with Crippen LogP contribution in [0, 0.1) is 0 Å². The molecule has 1 aliphatic rings. The maximum Gasteiger partial charge on any atom is 0.169 e. The first-order valence-electron chi connectivity index (χ1n) is 5.29. The number of amidine groups is 1. The van der Waals surface area contributed by atoms with Gasteiger partial charge in [0.15, 0.2) is 5.84 Å². The summed E-state index contributed by atoms with van der Waals surface area (Å²) >= 11 is 0. The van der Waals surface area contributed by atoms with Gasteiger partial charge in [0.05, 0.1) is 0 Å². The van der Waals surface area contributed by atoms with Gasteiger partial charge < -0.3 is 11.6 Å². The van der Waals surface area contributed by atoms with Crippen molar-refractivity contribution in [3.8, 4) is 0 Å². The third-order valence-electron chi connectivity index (χ3n) is 2.79. The zero-order chi connectivity index (χ0) is 11.7. The quantitative estimate of drug-likeness (QED) is 0.223. The Morgan fingerprint density at radius 1 is 1.44 bits per heavy atom. The second kappa shape index (κ2) is 4.02. The van der Waals surface area contributed by atoms with Crippen molar-refractivity contribution in [3.63, 3.8) is 0 Å². The van der Waals surface area contributed by atoms with E-state index in [1.165, 1.54) is 23.4 Å².